The minimum Gasteiger partial charge on any atom is -0.545 e. The standard InChI is InChI=1S/C15H18O4.C12H12O4.C9H10O4.C3H5I.ClH.Na/c1-4-9-18-11-13-12(15(16)19-10-5-2)7-6-8-14(13)17-3;1-3-7-16-8-10-9(12(13)14)5-4-6-11(10)15-2;1-13-8-4-2-3-6(9(11)12)7(8)5-10;1-2-3-4;;/h4-8H,1-2,9-11H2,3H3;1,3-6H,7-8H2,2H3;2-4,10H,5H2,1H3,(H,11,12);2H,1,3H2;1H;/q;;;;;+1. The van der Waals surface area contributed by atoms with Gasteiger partial charge in [0.05, 0.1) is 64.9 Å². The zero-order valence-electron chi connectivity index (χ0n) is 30.9. The van der Waals surface area contributed by atoms with Crippen molar-refractivity contribution in [1.29, 1.82) is 0 Å². The van der Waals surface area contributed by atoms with Gasteiger partial charge in [0.25, 0.3) is 0 Å². The molecule has 54 heavy (non-hydrogen) atoms. The molecule has 0 unspecified atom stereocenters. The number of carboxylic acid groups (broad SMARTS) is 2. The van der Waals surface area contributed by atoms with Gasteiger partial charge >= 0.3 is 41.5 Å². The molecule has 0 aliphatic heterocycles. The average Bonchev–Trinajstić information content (AvgIpc) is 3.17. The summed E-state index contributed by atoms with van der Waals surface area (Å²) in [6.07, 6.45) is 6.38. The smallest absolute Gasteiger partial charge is 0.545 e. The Morgan fingerprint density at radius 3 is 1.56 bits per heavy atom. The Morgan fingerprint density at radius 2 is 1.17 bits per heavy atom. The molecule has 0 aromatic heterocycles. The van der Waals surface area contributed by atoms with Crippen molar-refractivity contribution in [2.24, 2.45) is 0 Å². The molecule has 0 saturated carbocycles. The summed E-state index contributed by atoms with van der Waals surface area (Å²) in [5.41, 5.74) is 1.99. The molecule has 12 nitrogen and oxygen atoms in total. The van der Waals surface area contributed by atoms with Crippen LogP contribution in [-0.4, -0.2) is 73.7 Å². The van der Waals surface area contributed by atoms with Crippen LogP contribution < -0.4 is 48.9 Å². The number of aromatic carboxylic acids is 2. The predicted molar refractivity (Wildman–Crippen MR) is 211 cm³/mol. The van der Waals surface area contributed by atoms with E-state index in [-0.39, 0.29) is 91.7 Å². The maximum absolute atomic E-state index is 11.9. The topological polar surface area (TPSA) is 170 Å². The van der Waals surface area contributed by atoms with Crippen LogP contribution in [0.1, 0.15) is 47.8 Å². The fourth-order valence-electron chi connectivity index (χ4n) is 4.00. The molecule has 3 aromatic carbocycles. The van der Waals surface area contributed by atoms with Gasteiger partial charge in [-0.05, 0) is 30.3 Å². The summed E-state index contributed by atoms with van der Waals surface area (Å²) in [4.78, 5) is 33.5. The van der Waals surface area contributed by atoms with E-state index in [1.54, 1.807) is 49.6 Å². The first-order chi connectivity index (χ1) is 25.1. The molecular weight excluding hydrogens is 846 g/mol. The van der Waals surface area contributed by atoms with Crippen LogP contribution in [0.5, 0.6) is 17.2 Å². The number of rotatable bonds is 18. The first kappa shape index (κ1) is 54.6. The molecule has 0 aliphatic rings. The third-order valence-electron chi connectivity index (χ3n) is 6.27. The van der Waals surface area contributed by atoms with Gasteiger partial charge in [-0.25, -0.2) is 9.59 Å². The molecule has 288 valence electrons. The number of halogens is 2. The van der Waals surface area contributed by atoms with E-state index in [0.29, 0.717) is 40.5 Å². The number of ether oxygens (including phenoxy) is 6. The van der Waals surface area contributed by atoms with Crippen molar-refractivity contribution in [3.05, 3.63) is 139 Å². The molecule has 3 aromatic rings. The van der Waals surface area contributed by atoms with E-state index in [9.17, 15) is 19.5 Å². The number of carboxylic acids is 2. The van der Waals surface area contributed by atoms with Gasteiger partial charge in [-0.3, -0.25) is 0 Å². The Labute approximate surface area is 359 Å². The SMILES string of the molecule is C=CCI.C=CCOCc1c(OC)cccc1C(=O)OCC=C.COc1cccc(C(=O)[O-])c1CO.Cl.[CH+]=CCOCc1c(OC)cccc1C(=O)O.[Na+]. The van der Waals surface area contributed by atoms with Crippen molar-refractivity contribution in [1.82, 2.24) is 0 Å². The van der Waals surface area contributed by atoms with E-state index in [0.717, 1.165) is 4.43 Å². The van der Waals surface area contributed by atoms with Crippen molar-refractivity contribution in [2.75, 3.05) is 45.6 Å². The second kappa shape index (κ2) is 33.8. The van der Waals surface area contributed by atoms with Crippen LogP contribution in [0.2, 0.25) is 0 Å². The van der Waals surface area contributed by atoms with E-state index in [1.807, 2.05) is 6.08 Å². The van der Waals surface area contributed by atoms with Gasteiger partial charge in [0, 0.05) is 26.7 Å². The van der Waals surface area contributed by atoms with Crippen LogP contribution in [0.3, 0.4) is 0 Å². The number of carbonyl (C=O) groups is 3. The second-order valence-corrected chi connectivity index (χ2v) is 10.5. The summed E-state index contributed by atoms with van der Waals surface area (Å²) in [7, 11) is 4.44. The molecule has 0 aliphatic carbocycles. The quantitative estimate of drug-likeness (QED) is 0.0365. The van der Waals surface area contributed by atoms with Gasteiger partial charge in [-0.15, -0.1) is 25.6 Å². The van der Waals surface area contributed by atoms with Gasteiger partial charge < -0.3 is 48.5 Å². The summed E-state index contributed by atoms with van der Waals surface area (Å²) >= 11 is 2.23. The number of allylic oxidation sites excluding steroid dienone is 1. The molecule has 3 rings (SSSR count). The van der Waals surface area contributed by atoms with Crippen LogP contribution in [0, 0.1) is 6.58 Å². The number of methoxy groups -OCH3 is 3. The van der Waals surface area contributed by atoms with Crippen LogP contribution in [0.4, 0.5) is 0 Å². The summed E-state index contributed by atoms with van der Waals surface area (Å²) < 4.78 is 31.8. The van der Waals surface area contributed by atoms with Crippen molar-refractivity contribution in [2.45, 2.75) is 19.8 Å². The molecule has 2 N–H and O–H groups in total. The molecule has 15 heteroatoms. The Morgan fingerprint density at radius 1 is 0.741 bits per heavy atom. The Hall–Kier alpha value is -3.76. The fourth-order valence-corrected chi connectivity index (χ4v) is 4.00. The van der Waals surface area contributed by atoms with E-state index < -0.39 is 17.9 Å². The summed E-state index contributed by atoms with van der Waals surface area (Å²) in [6.45, 7) is 16.6. The minimum atomic E-state index is -1.32. The van der Waals surface area contributed by atoms with E-state index in [2.05, 4.69) is 42.3 Å². The summed E-state index contributed by atoms with van der Waals surface area (Å²) in [5.74, 6) is -1.30. The van der Waals surface area contributed by atoms with Gasteiger partial charge in [-0.1, -0.05) is 71.7 Å². The predicted octanol–water partition coefficient (Wildman–Crippen LogP) is 3.22. The molecule has 0 atom stereocenters. The third kappa shape index (κ3) is 20.1. The summed E-state index contributed by atoms with van der Waals surface area (Å²) in [5, 5.41) is 28.5. The second-order valence-electron chi connectivity index (χ2n) is 9.59. The molecule has 0 fully saturated rings. The van der Waals surface area contributed by atoms with Gasteiger partial charge in [-0.2, -0.15) is 0 Å². The van der Waals surface area contributed by atoms with Crippen molar-refractivity contribution < 1.29 is 87.7 Å². The minimum absolute atomic E-state index is 0. The number of aliphatic hydroxyl groups excluding tert-OH is 1. The zero-order valence-corrected chi connectivity index (χ0v) is 35.9. The van der Waals surface area contributed by atoms with Crippen molar-refractivity contribution in [3.63, 3.8) is 0 Å². The van der Waals surface area contributed by atoms with Gasteiger partial charge in [0.15, 0.2) is 6.08 Å². The Kier molecular flexibility index (Phi) is 34.1. The zero-order chi connectivity index (χ0) is 39.3. The number of aliphatic hydroxyl groups is 1. The van der Waals surface area contributed by atoms with Crippen LogP contribution >= 0.6 is 35.0 Å². The van der Waals surface area contributed by atoms with Gasteiger partial charge in [0.2, 0.25) is 6.58 Å². The van der Waals surface area contributed by atoms with E-state index >= 15 is 0 Å². The molecule has 0 amide bonds. The van der Waals surface area contributed by atoms with Crippen molar-refractivity contribution >= 4 is 52.9 Å². The molecule has 0 radical (unpaired) electrons. The maximum atomic E-state index is 11.9. The number of carbonyl (C=O) groups excluding carboxylic acids is 2. The van der Waals surface area contributed by atoms with Crippen LogP contribution in [0.15, 0.2) is 98.6 Å². The third-order valence-corrected chi connectivity index (χ3v) is 6.89. The molecule has 0 heterocycles. The molecular formula is C39H46ClINaO12+. The molecule has 0 spiro atoms. The fraction of sp³-hybridized carbons (Fsp3) is 0.256. The maximum Gasteiger partial charge on any atom is 1.00 e. The van der Waals surface area contributed by atoms with Crippen LogP contribution in [0.25, 0.3) is 0 Å². The van der Waals surface area contributed by atoms with Crippen molar-refractivity contribution in [3.8, 4) is 17.2 Å². The average molecular weight is 892 g/mol. The molecule has 0 bridgehead atoms. The largest absolute Gasteiger partial charge is 1.00 e. The number of hydrogen-bond acceptors (Lipinski definition) is 11. The number of hydrogen-bond donors (Lipinski definition) is 2. The first-order valence-corrected chi connectivity index (χ1v) is 16.9. The number of benzene rings is 3. The van der Waals surface area contributed by atoms with Crippen LogP contribution in [-0.2, 0) is 34.0 Å². The number of alkyl halides is 1. The Bertz CT molecular complexity index is 1600. The van der Waals surface area contributed by atoms with Gasteiger partial charge in [0.1, 0.15) is 30.5 Å². The molecule has 0 saturated heterocycles. The van der Waals surface area contributed by atoms with E-state index in [4.69, 9.17) is 45.2 Å². The monoisotopic (exact) mass is 891 g/mol. The summed E-state index contributed by atoms with van der Waals surface area (Å²) in [6, 6.07) is 14.5. The normalized spacial score (nSPS) is 9.11. The first-order valence-electron chi connectivity index (χ1n) is 15.3. The van der Waals surface area contributed by atoms with E-state index in [1.165, 1.54) is 44.6 Å². The Balaban J connectivity index is -0.000000684. The number of esters is 1.